The Hall–Kier alpha value is -1.85. The van der Waals surface area contributed by atoms with E-state index >= 15 is 0 Å². The molecule has 0 saturated carbocycles. The van der Waals surface area contributed by atoms with Crippen molar-refractivity contribution in [2.24, 2.45) is 0 Å². The number of amides is 1. The fourth-order valence-corrected chi connectivity index (χ4v) is 3.88. The van der Waals surface area contributed by atoms with Gasteiger partial charge < -0.3 is 14.8 Å². The highest BCUT2D eigenvalue weighted by Gasteiger charge is 2.33. The number of carbonyl (C=O) groups is 3. The standard InChI is InChI=1S/C27H49NO5/c1-5-6-7-8-9-10-11-12-13-14-15-16-17-18-19-20-21-27(28-24(2)29,22-32-25(3)30)23-33-26(4)31/h12-13H,5-11,14-23H2,1-4H3,(H,28,29). The minimum absolute atomic E-state index is 0.000266. The maximum Gasteiger partial charge on any atom is 0.302 e. The van der Waals surface area contributed by atoms with Crippen LogP contribution in [-0.2, 0) is 23.9 Å². The highest BCUT2D eigenvalue weighted by molar-refractivity contribution is 5.74. The monoisotopic (exact) mass is 467 g/mol. The zero-order chi connectivity index (χ0) is 24.8. The second-order valence-corrected chi connectivity index (χ2v) is 9.21. The average molecular weight is 468 g/mol. The van der Waals surface area contributed by atoms with Crippen molar-refractivity contribution in [1.29, 1.82) is 0 Å². The first-order valence-electron chi connectivity index (χ1n) is 13.0. The number of rotatable bonds is 21. The van der Waals surface area contributed by atoms with Crippen molar-refractivity contribution in [1.82, 2.24) is 5.32 Å². The molecule has 1 amide bonds. The van der Waals surface area contributed by atoms with Gasteiger partial charge in [0.15, 0.2) is 0 Å². The molecule has 192 valence electrons. The minimum Gasteiger partial charge on any atom is -0.463 e. The predicted octanol–water partition coefficient (Wildman–Crippen LogP) is 6.42. The van der Waals surface area contributed by atoms with Crippen LogP contribution < -0.4 is 5.32 Å². The molecule has 0 aliphatic rings. The number of carbonyl (C=O) groups excluding carboxylic acids is 3. The molecule has 0 aromatic carbocycles. The molecule has 0 unspecified atom stereocenters. The van der Waals surface area contributed by atoms with Gasteiger partial charge >= 0.3 is 11.9 Å². The summed E-state index contributed by atoms with van der Waals surface area (Å²) >= 11 is 0. The molecule has 0 rings (SSSR count). The van der Waals surface area contributed by atoms with Crippen LogP contribution in [0.25, 0.3) is 0 Å². The molecule has 0 aliphatic carbocycles. The van der Waals surface area contributed by atoms with Crippen molar-refractivity contribution < 1.29 is 23.9 Å². The first-order chi connectivity index (χ1) is 15.8. The Morgan fingerprint density at radius 1 is 0.667 bits per heavy atom. The molecule has 0 aromatic rings. The van der Waals surface area contributed by atoms with E-state index in [1.165, 1.54) is 85.0 Å². The van der Waals surface area contributed by atoms with Crippen molar-refractivity contribution in [3.63, 3.8) is 0 Å². The third kappa shape index (κ3) is 20.5. The number of esters is 2. The fourth-order valence-electron chi connectivity index (χ4n) is 3.88. The Kier molecular flexibility index (Phi) is 19.6. The van der Waals surface area contributed by atoms with Gasteiger partial charge in [-0.3, -0.25) is 14.4 Å². The largest absolute Gasteiger partial charge is 0.463 e. The molecule has 1 N–H and O–H groups in total. The summed E-state index contributed by atoms with van der Waals surface area (Å²) in [4.78, 5) is 34.3. The molecule has 0 spiro atoms. The first kappa shape index (κ1) is 31.1. The van der Waals surface area contributed by atoms with Crippen LogP contribution in [0, 0.1) is 0 Å². The smallest absolute Gasteiger partial charge is 0.302 e. The summed E-state index contributed by atoms with van der Waals surface area (Å²) in [6, 6.07) is 0. The van der Waals surface area contributed by atoms with Gasteiger partial charge in [-0.15, -0.1) is 0 Å². The van der Waals surface area contributed by atoms with Gasteiger partial charge in [0.1, 0.15) is 18.8 Å². The Morgan fingerprint density at radius 2 is 1.09 bits per heavy atom. The van der Waals surface area contributed by atoms with Gasteiger partial charge in [-0.1, -0.05) is 83.3 Å². The van der Waals surface area contributed by atoms with Gasteiger partial charge in [-0.25, -0.2) is 0 Å². The molecule has 0 radical (unpaired) electrons. The highest BCUT2D eigenvalue weighted by atomic mass is 16.5. The second kappa shape index (κ2) is 20.7. The molecule has 0 atom stereocenters. The fraction of sp³-hybridized carbons (Fsp3) is 0.815. The first-order valence-corrected chi connectivity index (χ1v) is 13.0. The van der Waals surface area contributed by atoms with Crippen molar-refractivity contribution in [2.75, 3.05) is 13.2 Å². The number of nitrogens with one attached hydrogen (secondary N) is 1. The van der Waals surface area contributed by atoms with Crippen LogP contribution in [0.1, 0.15) is 124 Å². The number of ether oxygens (including phenoxy) is 2. The molecule has 0 aromatic heterocycles. The van der Waals surface area contributed by atoms with Crippen LogP contribution in [-0.4, -0.2) is 36.6 Å². The Bertz CT molecular complexity index is 541. The summed E-state index contributed by atoms with van der Waals surface area (Å²) in [6.07, 6.45) is 22.4. The van der Waals surface area contributed by atoms with E-state index in [0.717, 1.165) is 25.7 Å². The van der Waals surface area contributed by atoms with E-state index in [1.807, 2.05) is 0 Å². The summed E-state index contributed by atoms with van der Waals surface area (Å²) in [5.41, 5.74) is -0.871. The maximum atomic E-state index is 11.7. The van der Waals surface area contributed by atoms with Crippen molar-refractivity contribution in [2.45, 2.75) is 130 Å². The third-order valence-electron chi connectivity index (χ3n) is 5.71. The van der Waals surface area contributed by atoms with Crippen LogP contribution in [0.5, 0.6) is 0 Å². The summed E-state index contributed by atoms with van der Waals surface area (Å²) in [5.74, 6) is -1.08. The number of allylic oxidation sites excluding steroid dienone is 2. The Labute approximate surface area is 202 Å². The number of unbranched alkanes of at least 4 members (excludes halogenated alkanes) is 12. The minimum atomic E-state index is -0.871. The van der Waals surface area contributed by atoms with Crippen molar-refractivity contribution in [3.05, 3.63) is 12.2 Å². The van der Waals surface area contributed by atoms with Gasteiger partial charge in [-0.2, -0.15) is 0 Å². The van der Waals surface area contributed by atoms with Gasteiger partial charge in [0, 0.05) is 20.8 Å². The molecule has 6 heteroatoms. The quantitative estimate of drug-likeness (QED) is 0.120. The second-order valence-electron chi connectivity index (χ2n) is 9.21. The SMILES string of the molecule is CCCCCCCCC=CCCCCCCCCC(COC(C)=O)(COC(C)=O)NC(C)=O. The lowest BCUT2D eigenvalue weighted by Gasteiger charge is -2.33. The molecular weight excluding hydrogens is 418 g/mol. The summed E-state index contributed by atoms with van der Waals surface area (Å²) in [7, 11) is 0. The predicted molar refractivity (Wildman–Crippen MR) is 134 cm³/mol. The van der Waals surface area contributed by atoms with Gasteiger partial charge in [0.05, 0.1) is 0 Å². The number of hydrogen-bond acceptors (Lipinski definition) is 5. The van der Waals surface area contributed by atoms with E-state index < -0.39 is 17.5 Å². The van der Waals surface area contributed by atoms with E-state index in [9.17, 15) is 14.4 Å². The average Bonchev–Trinajstić information content (AvgIpc) is 2.75. The highest BCUT2D eigenvalue weighted by Crippen LogP contribution is 2.19. The van der Waals surface area contributed by atoms with Crippen LogP contribution in [0.4, 0.5) is 0 Å². The normalized spacial score (nSPS) is 11.5. The maximum absolute atomic E-state index is 11.7. The Balaban J connectivity index is 4.05. The van der Waals surface area contributed by atoms with Crippen LogP contribution >= 0.6 is 0 Å². The molecule has 6 nitrogen and oxygen atoms in total. The van der Waals surface area contributed by atoms with Crippen molar-refractivity contribution in [3.8, 4) is 0 Å². The topological polar surface area (TPSA) is 81.7 Å². The lowest BCUT2D eigenvalue weighted by Crippen LogP contribution is -2.55. The summed E-state index contributed by atoms with van der Waals surface area (Å²) in [6.45, 7) is 6.32. The van der Waals surface area contributed by atoms with E-state index in [1.54, 1.807) is 0 Å². The van der Waals surface area contributed by atoms with Crippen molar-refractivity contribution >= 4 is 17.8 Å². The molecular formula is C27H49NO5. The lowest BCUT2D eigenvalue weighted by molar-refractivity contribution is -0.150. The molecule has 0 aliphatic heterocycles. The Morgan fingerprint density at radius 3 is 1.52 bits per heavy atom. The van der Waals surface area contributed by atoms with Gasteiger partial charge in [0.2, 0.25) is 5.91 Å². The van der Waals surface area contributed by atoms with Crippen LogP contribution in [0.15, 0.2) is 12.2 Å². The molecule has 33 heavy (non-hydrogen) atoms. The third-order valence-corrected chi connectivity index (χ3v) is 5.71. The molecule has 0 saturated heterocycles. The summed E-state index contributed by atoms with van der Waals surface area (Å²) < 4.78 is 10.3. The van der Waals surface area contributed by atoms with Gasteiger partial charge in [0.25, 0.3) is 0 Å². The molecule has 0 heterocycles. The van der Waals surface area contributed by atoms with Crippen LogP contribution in [0.3, 0.4) is 0 Å². The van der Waals surface area contributed by atoms with E-state index in [4.69, 9.17) is 9.47 Å². The van der Waals surface area contributed by atoms with Crippen LogP contribution in [0.2, 0.25) is 0 Å². The zero-order valence-electron chi connectivity index (χ0n) is 21.7. The molecule has 0 bridgehead atoms. The summed E-state index contributed by atoms with van der Waals surface area (Å²) in [5, 5.41) is 2.86. The van der Waals surface area contributed by atoms with E-state index in [0.29, 0.717) is 6.42 Å². The number of hydrogen-bond donors (Lipinski definition) is 1. The van der Waals surface area contributed by atoms with Gasteiger partial charge in [-0.05, 0) is 32.1 Å². The lowest BCUT2D eigenvalue weighted by atomic mass is 9.93. The molecule has 0 fully saturated rings. The van der Waals surface area contributed by atoms with E-state index in [2.05, 4.69) is 24.4 Å². The van der Waals surface area contributed by atoms with E-state index in [-0.39, 0.29) is 19.1 Å². The zero-order valence-corrected chi connectivity index (χ0v) is 21.7.